The Morgan fingerprint density at radius 1 is 1.06 bits per heavy atom. The zero-order valence-electron chi connectivity index (χ0n) is 18.1. The molecular formula is C23H20F3N7O. The smallest absolute Gasteiger partial charge is 0.243 e. The molecule has 3 unspecified atom stereocenters. The van der Waals surface area contributed by atoms with Crippen molar-refractivity contribution < 1.29 is 17.9 Å². The summed E-state index contributed by atoms with van der Waals surface area (Å²) in [6, 6.07) is 7.28. The van der Waals surface area contributed by atoms with Gasteiger partial charge >= 0.3 is 0 Å². The molecular weight excluding hydrogens is 447 g/mol. The van der Waals surface area contributed by atoms with E-state index >= 15 is 0 Å². The maximum Gasteiger partial charge on any atom is 0.243 e. The van der Waals surface area contributed by atoms with Gasteiger partial charge in [-0.05, 0) is 31.2 Å². The Bertz CT molecular complexity index is 1380. The maximum atomic E-state index is 14.4. The molecule has 2 fully saturated rings. The van der Waals surface area contributed by atoms with Gasteiger partial charge in [0.15, 0.2) is 23.1 Å². The van der Waals surface area contributed by atoms with Crippen molar-refractivity contribution in [2.75, 3.05) is 29.9 Å². The molecule has 0 spiro atoms. The number of anilines is 2. The Morgan fingerprint density at radius 2 is 1.94 bits per heavy atom. The minimum Gasteiger partial charge on any atom is -0.374 e. The molecule has 34 heavy (non-hydrogen) atoms. The second kappa shape index (κ2) is 7.94. The largest absolute Gasteiger partial charge is 0.374 e. The lowest BCUT2D eigenvalue weighted by atomic mass is 9.93. The molecule has 0 amide bonds. The van der Waals surface area contributed by atoms with Gasteiger partial charge in [-0.1, -0.05) is 0 Å². The van der Waals surface area contributed by atoms with Crippen molar-refractivity contribution in [2.24, 2.45) is 5.92 Å². The number of hydrogen-bond acceptors (Lipinski definition) is 7. The van der Waals surface area contributed by atoms with E-state index in [0.29, 0.717) is 30.3 Å². The number of nitrogens with one attached hydrogen (secondary N) is 1. The van der Waals surface area contributed by atoms with Crippen molar-refractivity contribution in [3.63, 3.8) is 0 Å². The summed E-state index contributed by atoms with van der Waals surface area (Å²) >= 11 is 0. The Kier molecular flexibility index (Phi) is 4.87. The van der Waals surface area contributed by atoms with Gasteiger partial charge in [0, 0.05) is 48.1 Å². The van der Waals surface area contributed by atoms with Crippen molar-refractivity contribution in [2.45, 2.75) is 19.1 Å². The highest BCUT2D eigenvalue weighted by Gasteiger charge is 2.44. The van der Waals surface area contributed by atoms with Crippen LogP contribution in [-0.2, 0) is 4.74 Å². The molecule has 4 aromatic rings. The zero-order valence-corrected chi connectivity index (χ0v) is 18.1. The fourth-order valence-electron chi connectivity index (χ4n) is 4.74. The molecule has 6 rings (SSSR count). The maximum absolute atomic E-state index is 14.4. The van der Waals surface area contributed by atoms with E-state index in [0.717, 1.165) is 24.1 Å². The molecule has 0 saturated carbocycles. The van der Waals surface area contributed by atoms with Gasteiger partial charge < -0.3 is 15.0 Å². The van der Waals surface area contributed by atoms with Gasteiger partial charge in [0.1, 0.15) is 12.1 Å². The lowest BCUT2D eigenvalue weighted by Crippen LogP contribution is -2.51. The van der Waals surface area contributed by atoms with E-state index in [1.807, 2.05) is 13.0 Å². The third kappa shape index (κ3) is 3.43. The van der Waals surface area contributed by atoms with Crippen molar-refractivity contribution in [1.82, 2.24) is 24.6 Å². The third-order valence-corrected chi connectivity index (χ3v) is 6.38. The summed E-state index contributed by atoms with van der Waals surface area (Å²) in [7, 11) is 0. The molecule has 1 aromatic carbocycles. The molecule has 3 atom stereocenters. The van der Waals surface area contributed by atoms with Gasteiger partial charge in [-0.2, -0.15) is 4.98 Å². The number of fused-ring (bicyclic) bond motifs is 3. The molecule has 2 bridgehead atoms. The van der Waals surface area contributed by atoms with Crippen LogP contribution in [0.3, 0.4) is 0 Å². The van der Waals surface area contributed by atoms with E-state index in [2.05, 4.69) is 30.3 Å². The van der Waals surface area contributed by atoms with Crippen LogP contribution in [0, 0.1) is 30.3 Å². The SMILES string of the molecule is Cc1cc(N2CC3COC(C2)C3Nc2nc3c(-c4ccc(F)c(F)c4F)cccn3n2)ncn1. The van der Waals surface area contributed by atoms with Crippen molar-refractivity contribution >= 4 is 17.4 Å². The van der Waals surface area contributed by atoms with Gasteiger partial charge in [0.2, 0.25) is 5.95 Å². The topological polar surface area (TPSA) is 80.5 Å². The molecule has 174 valence electrons. The van der Waals surface area contributed by atoms with Crippen LogP contribution in [0.15, 0.2) is 42.9 Å². The number of benzene rings is 1. The number of halogens is 3. The lowest BCUT2D eigenvalue weighted by molar-refractivity contribution is 0.115. The summed E-state index contributed by atoms with van der Waals surface area (Å²) in [5.74, 6) is -2.61. The zero-order chi connectivity index (χ0) is 23.4. The van der Waals surface area contributed by atoms with Crippen LogP contribution < -0.4 is 10.2 Å². The number of ether oxygens (including phenoxy) is 1. The average Bonchev–Trinajstić information content (AvgIpc) is 3.33. The normalized spacial score (nSPS) is 21.9. The molecule has 8 nitrogen and oxygen atoms in total. The first-order valence-electron chi connectivity index (χ1n) is 10.9. The standard InChI is InChI=1S/C23H20F3N7O/c1-12-7-18(28-11-27-12)32-8-13-10-34-17(9-32)21(13)29-23-30-22-15(3-2-6-33(22)31-23)14-4-5-16(24)20(26)19(14)25/h2-7,11,13,17,21H,8-10H2,1H3,(H,29,31). The highest BCUT2D eigenvalue weighted by molar-refractivity contribution is 5.78. The van der Waals surface area contributed by atoms with Crippen LogP contribution in [0.4, 0.5) is 24.9 Å². The highest BCUT2D eigenvalue weighted by atomic mass is 19.2. The minimum absolute atomic E-state index is 0.0138. The minimum atomic E-state index is -1.52. The Balaban J connectivity index is 1.27. The average molecular weight is 467 g/mol. The van der Waals surface area contributed by atoms with Crippen molar-refractivity contribution in [1.29, 1.82) is 0 Å². The summed E-state index contributed by atoms with van der Waals surface area (Å²) in [5, 5.41) is 7.84. The van der Waals surface area contributed by atoms with E-state index in [4.69, 9.17) is 4.74 Å². The monoisotopic (exact) mass is 467 g/mol. The third-order valence-electron chi connectivity index (χ3n) is 6.38. The van der Waals surface area contributed by atoms with E-state index in [9.17, 15) is 13.2 Å². The highest BCUT2D eigenvalue weighted by Crippen LogP contribution is 2.33. The molecule has 0 aliphatic carbocycles. The van der Waals surface area contributed by atoms with Crippen LogP contribution in [0.25, 0.3) is 16.8 Å². The molecule has 2 aliphatic rings. The van der Waals surface area contributed by atoms with Crippen LogP contribution in [-0.4, -0.2) is 56.4 Å². The van der Waals surface area contributed by atoms with Crippen molar-refractivity contribution in [3.05, 3.63) is 66.0 Å². The number of nitrogens with zero attached hydrogens (tertiary/aromatic N) is 6. The van der Waals surface area contributed by atoms with Crippen LogP contribution in [0.1, 0.15) is 5.69 Å². The summed E-state index contributed by atoms with van der Waals surface area (Å²) in [6.45, 7) is 3.94. The van der Waals surface area contributed by atoms with E-state index < -0.39 is 17.5 Å². The summed E-state index contributed by atoms with van der Waals surface area (Å²) < 4.78 is 49.2. The van der Waals surface area contributed by atoms with Gasteiger partial charge in [-0.15, -0.1) is 5.10 Å². The lowest BCUT2D eigenvalue weighted by Gasteiger charge is -2.37. The number of hydrogen-bond donors (Lipinski definition) is 1. The molecule has 1 N–H and O–H groups in total. The van der Waals surface area contributed by atoms with Crippen LogP contribution >= 0.6 is 0 Å². The first-order chi connectivity index (χ1) is 16.5. The predicted octanol–water partition coefficient (Wildman–Crippen LogP) is 3.23. The molecule has 2 aliphatic heterocycles. The first kappa shape index (κ1) is 20.8. The molecule has 5 heterocycles. The number of aryl methyl sites for hydroxylation is 1. The predicted molar refractivity (Wildman–Crippen MR) is 118 cm³/mol. The summed E-state index contributed by atoms with van der Waals surface area (Å²) in [6.07, 6.45) is 3.13. The number of piperidine rings is 1. The van der Waals surface area contributed by atoms with Crippen LogP contribution in [0.2, 0.25) is 0 Å². The summed E-state index contributed by atoms with van der Waals surface area (Å²) in [4.78, 5) is 15.3. The second-order valence-electron chi connectivity index (χ2n) is 8.57. The molecule has 0 radical (unpaired) electrons. The first-order valence-corrected chi connectivity index (χ1v) is 10.9. The van der Waals surface area contributed by atoms with E-state index in [1.54, 1.807) is 24.7 Å². The number of rotatable bonds is 4. The molecule has 3 aromatic heterocycles. The fourth-order valence-corrected chi connectivity index (χ4v) is 4.74. The quantitative estimate of drug-likeness (QED) is 0.462. The van der Waals surface area contributed by atoms with E-state index in [-0.39, 0.29) is 23.6 Å². The Hall–Kier alpha value is -3.73. The Labute approximate surface area is 192 Å². The molecule has 2 saturated heterocycles. The summed E-state index contributed by atoms with van der Waals surface area (Å²) in [5.41, 5.74) is 1.46. The van der Waals surface area contributed by atoms with Crippen molar-refractivity contribution in [3.8, 4) is 11.1 Å². The number of aromatic nitrogens is 5. The molecule has 11 heteroatoms. The van der Waals surface area contributed by atoms with Gasteiger partial charge in [-0.3, -0.25) is 0 Å². The second-order valence-corrected chi connectivity index (χ2v) is 8.57. The van der Waals surface area contributed by atoms with Gasteiger partial charge in [0.05, 0.1) is 18.8 Å². The van der Waals surface area contributed by atoms with E-state index in [1.165, 1.54) is 10.6 Å². The van der Waals surface area contributed by atoms with Gasteiger partial charge in [-0.25, -0.2) is 27.7 Å². The fraction of sp³-hybridized carbons (Fsp3) is 0.304. The van der Waals surface area contributed by atoms with Gasteiger partial charge in [0.25, 0.3) is 0 Å². The number of pyridine rings is 1. The Morgan fingerprint density at radius 3 is 2.76 bits per heavy atom. The van der Waals surface area contributed by atoms with Crippen LogP contribution in [0.5, 0.6) is 0 Å².